The van der Waals surface area contributed by atoms with Crippen LogP contribution in [0.1, 0.15) is 30.1 Å². The predicted octanol–water partition coefficient (Wildman–Crippen LogP) is 2.46. The van der Waals surface area contributed by atoms with Crippen molar-refractivity contribution in [3.63, 3.8) is 0 Å². The van der Waals surface area contributed by atoms with Gasteiger partial charge in [0.2, 0.25) is 0 Å². The van der Waals surface area contributed by atoms with Crippen molar-refractivity contribution in [1.29, 1.82) is 0 Å². The second kappa shape index (κ2) is 5.72. The fraction of sp³-hybridized carbons (Fsp3) is 0.500. The van der Waals surface area contributed by atoms with Crippen LogP contribution in [0.5, 0.6) is 0 Å². The summed E-state index contributed by atoms with van der Waals surface area (Å²) >= 11 is 5.80. The first-order valence-electron chi connectivity index (χ1n) is 6.34. The summed E-state index contributed by atoms with van der Waals surface area (Å²) in [4.78, 5) is 12.0. The Kier molecular flexibility index (Phi) is 4.25. The number of nitrogens with one attached hydrogen (secondary N) is 2. The minimum absolute atomic E-state index is 0.0218. The van der Waals surface area contributed by atoms with Crippen LogP contribution in [0.25, 0.3) is 0 Å². The first-order valence-corrected chi connectivity index (χ1v) is 6.71. The minimum atomic E-state index is -0.0218. The fourth-order valence-electron chi connectivity index (χ4n) is 2.20. The van der Waals surface area contributed by atoms with E-state index in [1.54, 1.807) is 24.3 Å². The van der Waals surface area contributed by atoms with Gasteiger partial charge in [-0.05, 0) is 55.6 Å². The molecule has 0 radical (unpaired) electrons. The topological polar surface area (TPSA) is 41.1 Å². The van der Waals surface area contributed by atoms with E-state index < -0.39 is 0 Å². The number of rotatable bonds is 3. The Hall–Kier alpha value is -1.06. The van der Waals surface area contributed by atoms with Crippen molar-refractivity contribution in [2.45, 2.75) is 19.8 Å². The van der Waals surface area contributed by atoms with Gasteiger partial charge in [0.1, 0.15) is 0 Å². The van der Waals surface area contributed by atoms with Gasteiger partial charge >= 0.3 is 0 Å². The summed E-state index contributed by atoms with van der Waals surface area (Å²) in [6.45, 7) is 5.03. The molecule has 1 saturated heterocycles. The lowest BCUT2D eigenvalue weighted by Gasteiger charge is -2.34. The number of benzene rings is 1. The molecule has 0 bridgehead atoms. The molecule has 3 nitrogen and oxygen atoms in total. The maximum Gasteiger partial charge on any atom is 0.251 e. The van der Waals surface area contributed by atoms with Crippen molar-refractivity contribution in [3.8, 4) is 0 Å². The van der Waals surface area contributed by atoms with Crippen LogP contribution in [0, 0.1) is 5.41 Å². The van der Waals surface area contributed by atoms with Crippen LogP contribution in [0.2, 0.25) is 5.02 Å². The molecule has 1 fully saturated rings. The summed E-state index contributed by atoms with van der Waals surface area (Å²) in [5.74, 6) is -0.0218. The molecule has 1 aromatic carbocycles. The monoisotopic (exact) mass is 266 g/mol. The molecular formula is C14H19ClN2O. The second-order valence-electron chi connectivity index (χ2n) is 5.25. The standard InChI is InChI=1S/C14H19ClN2O/c1-14(6-8-16-9-7-14)10-17-13(18)11-2-4-12(15)5-3-11/h2-5,16H,6-10H2,1H3,(H,17,18). The summed E-state index contributed by atoms with van der Waals surface area (Å²) in [7, 11) is 0. The lowest BCUT2D eigenvalue weighted by molar-refractivity contribution is 0.0922. The van der Waals surface area contributed by atoms with Crippen LogP contribution >= 0.6 is 11.6 Å². The van der Waals surface area contributed by atoms with E-state index in [0.717, 1.165) is 32.5 Å². The third-order valence-corrected chi connectivity index (χ3v) is 3.84. The van der Waals surface area contributed by atoms with E-state index in [1.165, 1.54) is 0 Å². The zero-order valence-electron chi connectivity index (χ0n) is 10.6. The largest absolute Gasteiger partial charge is 0.351 e. The van der Waals surface area contributed by atoms with Gasteiger partial charge in [0.15, 0.2) is 0 Å². The van der Waals surface area contributed by atoms with E-state index in [2.05, 4.69) is 17.6 Å². The molecule has 1 amide bonds. The molecule has 1 aliphatic heterocycles. The minimum Gasteiger partial charge on any atom is -0.351 e. The first-order chi connectivity index (χ1) is 8.59. The number of halogens is 1. The quantitative estimate of drug-likeness (QED) is 0.882. The van der Waals surface area contributed by atoms with Gasteiger partial charge < -0.3 is 10.6 Å². The van der Waals surface area contributed by atoms with Crippen molar-refractivity contribution >= 4 is 17.5 Å². The molecule has 0 spiro atoms. The zero-order chi connectivity index (χ0) is 13.0. The molecule has 0 atom stereocenters. The van der Waals surface area contributed by atoms with Gasteiger partial charge in [-0.2, -0.15) is 0 Å². The zero-order valence-corrected chi connectivity index (χ0v) is 11.4. The third-order valence-electron chi connectivity index (χ3n) is 3.59. The molecule has 1 aromatic rings. The number of piperidine rings is 1. The van der Waals surface area contributed by atoms with Gasteiger partial charge in [-0.25, -0.2) is 0 Å². The van der Waals surface area contributed by atoms with Crippen LogP contribution < -0.4 is 10.6 Å². The molecule has 2 rings (SSSR count). The number of carbonyl (C=O) groups is 1. The van der Waals surface area contributed by atoms with Gasteiger partial charge in [0, 0.05) is 17.1 Å². The van der Waals surface area contributed by atoms with Crippen LogP contribution in [0.15, 0.2) is 24.3 Å². The Balaban J connectivity index is 1.89. The number of carbonyl (C=O) groups excluding carboxylic acids is 1. The van der Waals surface area contributed by atoms with Crippen molar-refractivity contribution in [1.82, 2.24) is 10.6 Å². The lowest BCUT2D eigenvalue weighted by atomic mass is 9.81. The van der Waals surface area contributed by atoms with Gasteiger partial charge in [0.25, 0.3) is 5.91 Å². The smallest absolute Gasteiger partial charge is 0.251 e. The van der Waals surface area contributed by atoms with Gasteiger partial charge in [-0.3, -0.25) is 4.79 Å². The number of hydrogen-bond donors (Lipinski definition) is 2. The lowest BCUT2D eigenvalue weighted by Crippen LogP contribution is -2.42. The highest BCUT2D eigenvalue weighted by Crippen LogP contribution is 2.26. The summed E-state index contributed by atoms with van der Waals surface area (Å²) in [6, 6.07) is 6.98. The maximum atomic E-state index is 12.0. The van der Waals surface area contributed by atoms with E-state index in [-0.39, 0.29) is 11.3 Å². The van der Waals surface area contributed by atoms with Gasteiger partial charge in [-0.1, -0.05) is 18.5 Å². The van der Waals surface area contributed by atoms with Crippen LogP contribution in [-0.2, 0) is 0 Å². The molecule has 0 aromatic heterocycles. The maximum absolute atomic E-state index is 12.0. The summed E-state index contributed by atoms with van der Waals surface area (Å²) in [5, 5.41) is 7.01. The molecule has 1 aliphatic rings. The Morgan fingerprint density at radius 3 is 2.56 bits per heavy atom. The second-order valence-corrected chi connectivity index (χ2v) is 5.69. The number of amides is 1. The summed E-state index contributed by atoms with van der Waals surface area (Å²) in [6.07, 6.45) is 2.21. The van der Waals surface area contributed by atoms with E-state index in [9.17, 15) is 4.79 Å². The SMILES string of the molecule is CC1(CNC(=O)c2ccc(Cl)cc2)CCNCC1. The molecule has 4 heteroatoms. The fourth-order valence-corrected chi connectivity index (χ4v) is 2.33. The number of hydrogen-bond acceptors (Lipinski definition) is 2. The van der Waals surface area contributed by atoms with E-state index in [1.807, 2.05) is 0 Å². The molecule has 18 heavy (non-hydrogen) atoms. The Morgan fingerprint density at radius 1 is 1.33 bits per heavy atom. The summed E-state index contributed by atoms with van der Waals surface area (Å²) < 4.78 is 0. The van der Waals surface area contributed by atoms with Crippen LogP contribution in [0.3, 0.4) is 0 Å². The van der Waals surface area contributed by atoms with E-state index in [0.29, 0.717) is 10.6 Å². The van der Waals surface area contributed by atoms with Crippen LogP contribution in [-0.4, -0.2) is 25.5 Å². The van der Waals surface area contributed by atoms with Gasteiger partial charge in [-0.15, -0.1) is 0 Å². The molecule has 2 N–H and O–H groups in total. The molecule has 0 aliphatic carbocycles. The molecular weight excluding hydrogens is 248 g/mol. The van der Waals surface area contributed by atoms with Crippen molar-refractivity contribution < 1.29 is 4.79 Å². The van der Waals surface area contributed by atoms with Gasteiger partial charge in [0.05, 0.1) is 0 Å². The summed E-state index contributed by atoms with van der Waals surface area (Å²) in [5.41, 5.74) is 0.879. The average Bonchev–Trinajstić information content (AvgIpc) is 2.38. The highest BCUT2D eigenvalue weighted by Gasteiger charge is 2.27. The molecule has 0 unspecified atom stereocenters. The van der Waals surface area contributed by atoms with Crippen LogP contribution in [0.4, 0.5) is 0 Å². The normalized spacial score (nSPS) is 18.3. The van der Waals surface area contributed by atoms with Crippen molar-refractivity contribution in [3.05, 3.63) is 34.9 Å². The third kappa shape index (κ3) is 3.47. The molecule has 98 valence electrons. The predicted molar refractivity (Wildman–Crippen MR) is 74.0 cm³/mol. The van der Waals surface area contributed by atoms with Crippen molar-refractivity contribution in [2.75, 3.05) is 19.6 Å². The highest BCUT2D eigenvalue weighted by molar-refractivity contribution is 6.30. The Bertz CT molecular complexity index is 410. The Labute approximate surface area is 113 Å². The first kappa shape index (κ1) is 13.4. The average molecular weight is 267 g/mol. The Morgan fingerprint density at radius 2 is 1.94 bits per heavy atom. The highest BCUT2D eigenvalue weighted by atomic mass is 35.5. The van der Waals surface area contributed by atoms with E-state index in [4.69, 9.17) is 11.6 Å². The molecule has 1 heterocycles. The van der Waals surface area contributed by atoms with Crippen molar-refractivity contribution in [2.24, 2.45) is 5.41 Å². The molecule has 0 saturated carbocycles. The van der Waals surface area contributed by atoms with E-state index >= 15 is 0 Å².